The van der Waals surface area contributed by atoms with Crippen molar-refractivity contribution in [2.75, 3.05) is 13.1 Å². The van der Waals surface area contributed by atoms with Crippen LogP contribution in [0.5, 0.6) is 0 Å². The highest BCUT2D eigenvalue weighted by Gasteiger charge is 2.41. The molecule has 0 atom stereocenters. The summed E-state index contributed by atoms with van der Waals surface area (Å²) >= 11 is 5.24. The van der Waals surface area contributed by atoms with Crippen molar-refractivity contribution < 1.29 is 9.59 Å². The minimum atomic E-state index is -0.674. The van der Waals surface area contributed by atoms with Crippen LogP contribution in [0, 0.1) is 5.92 Å². The van der Waals surface area contributed by atoms with Crippen molar-refractivity contribution in [3.05, 3.63) is 42.0 Å². The first-order valence-electron chi connectivity index (χ1n) is 7.48. The van der Waals surface area contributed by atoms with Gasteiger partial charge in [0.15, 0.2) is 5.11 Å². The van der Waals surface area contributed by atoms with Crippen molar-refractivity contribution in [1.29, 1.82) is 0 Å². The van der Waals surface area contributed by atoms with Crippen molar-refractivity contribution in [3.63, 3.8) is 0 Å². The Balaban J connectivity index is 2.14. The van der Waals surface area contributed by atoms with E-state index in [1.807, 2.05) is 56.3 Å². The Kier molecular flexibility index (Phi) is 5.44. The van der Waals surface area contributed by atoms with Gasteiger partial charge in [-0.2, -0.15) is 0 Å². The molecule has 1 aromatic carbocycles. The molecule has 1 fully saturated rings. The zero-order valence-electron chi connectivity index (χ0n) is 12.9. The number of allylic oxidation sites excluding steroid dienone is 1. The molecule has 1 aromatic rings. The van der Waals surface area contributed by atoms with E-state index in [0.717, 1.165) is 5.56 Å². The third-order valence-corrected chi connectivity index (χ3v) is 4.14. The Bertz CT molecular complexity index is 572. The van der Waals surface area contributed by atoms with Gasteiger partial charge in [0.25, 0.3) is 0 Å². The second-order valence-electron chi connectivity index (χ2n) is 5.05. The number of rotatable bonds is 5. The fourth-order valence-electron chi connectivity index (χ4n) is 2.50. The lowest BCUT2D eigenvalue weighted by atomic mass is 9.99. The van der Waals surface area contributed by atoms with Crippen LogP contribution in [0.4, 0.5) is 0 Å². The number of nitrogens with zero attached hydrogens (tertiary/aromatic N) is 2. The highest BCUT2D eigenvalue weighted by Crippen LogP contribution is 2.21. The lowest BCUT2D eigenvalue weighted by Crippen LogP contribution is -2.59. The maximum absolute atomic E-state index is 12.4. The topological polar surface area (TPSA) is 40.6 Å². The number of hydrogen-bond acceptors (Lipinski definition) is 3. The van der Waals surface area contributed by atoms with E-state index >= 15 is 0 Å². The normalized spacial score (nSPS) is 16.9. The summed E-state index contributed by atoms with van der Waals surface area (Å²) in [5.74, 6) is -1.06. The fraction of sp³-hybridized carbons (Fsp3) is 0.353. The SMILES string of the molecule is CCN1C(=O)C(CC=Cc2ccccc2)C(=O)N(CC)C1=S. The summed E-state index contributed by atoms with van der Waals surface area (Å²) in [5.41, 5.74) is 1.05. The molecule has 5 heteroatoms. The molecule has 0 bridgehead atoms. The van der Waals surface area contributed by atoms with E-state index < -0.39 is 5.92 Å². The van der Waals surface area contributed by atoms with Crippen LogP contribution in [0.3, 0.4) is 0 Å². The standard InChI is InChI=1S/C17H20N2O2S/c1-3-18-15(20)14(16(21)19(4-2)17(18)22)12-8-11-13-9-6-5-7-10-13/h5-11,14H,3-4,12H2,1-2H3. The zero-order chi connectivity index (χ0) is 16.1. The van der Waals surface area contributed by atoms with Crippen molar-refractivity contribution in [1.82, 2.24) is 9.80 Å². The number of carbonyl (C=O) groups excluding carboxylic acids is 2. The predicted molar refractivity (Wildman–Crippen MR) is 91.0 cm³/mol. The molecule has 0 N–H and O–H groups in total. The van der Waals surface area contributed by atoms with E-state index in [-0.39, 0.29) is 11.8 Å². The van der Waals surface area contributed by atoms with E-state index in [9.17, 15) is 9.59 Å². The van der Waals surface area contributed by atoms with Crippen LogP contribution >= 0.6 is 12.2 Å². The Hall–Kier alpha value is -2.01. The molecule has 0 unspecified atom stereocenters. The maximum atomic E-state index is 12.4. The Labute approximate surface area is 136 Å². The number of benzene rings is 1. The molecule has 1 heterocycles. The highest BCUT2D eigenvalue weighted by atomic mass is 32.1. The summed E-state index contributed by atoms with van der Waals surface area (Å²) < 4.78 is 0. The van der Waals surface area contributed by atoms with Gasteiger partial charge in [-0.05, 0) is 38.0 Å². The Morgan fingerprint density at radius 1 is 1.05 bits per heavy atom. The van der Waals surface area contributed by atoms with Crippen molar-refractivity contribution >= 4 is 35.2 Å². The molecule has 1 aliphatic heterocycles. The molecule has 116 valence electrons. The molecule has 0 saturated carbocycles. The van der Waals surface area contributed by atoms with Gasteiger partial charge in [0.05, 0.1) is 0 Å². The second kappa shape index (κ2) is 7.31. The van der Waals surface area contributed by atoms with Gasteiger partial charge in [-0.15, -0.1) is 0 Å². The number of carbonyl (C=O) groups is 2. The number of amides is 2. The average molecular weight is 316 g/mol. The van der Waals surface area contributed by atoms with Crippen LogP contribution in [0.15, 0.2) is 36.4 Å². The molecule has 2 rings (SSSR count). The van der Waals surface area contributed by atoms with E-state index in [0.29, 0.717) is 24.6 Å². The van der Waals surface area contributed by atoms with Crippen LogP contribution < -0.4 is 0 Å². The summed E-state index contributed by atoms with van der Waals surface area (Å²) in [6, 6.07) is 9.81. The van der Waals surface area contributed by atoms with Gasteiger partial charge in [-0.1, -0.05) is 42.5 Å². The first-order valence-corrected chi connectivity index (χ1v) is 7.89. The quantitative estimate of drug-likeness (QED) is 0.619. The molecule has 1 saturated heterocycles. The van der Waals surface area contributed by atoms with Crippen LogP contribution in [0.25, 0.3) is 6.08 Å². The molecule has 0 spiro atoms. The van der Waals surface area contributed by atoms with E-state index in [4.69, 9.17) is 12.2 Å². The molecular weight excluding hydrogens is 296 g/mol. The van der Waals surface area contributed by atoms with Gasteiger partial charge in [0.2, 0.25) is 11.8 Å². The summed E-state index contributed by atoms with van der Waals surface area (Å²) in [6.07, 6.45) is 4.20. The van der Waals surface area contributed by atoms with Crippen LogP contribution in [0.1, 0.15) is 25.8 Å². The molecule has 0 aromatic heterocycles. The molecule has 1 aliphatic rings. The maximum Gasteiger partial charge on any atom is 0.241 e. The van der Waals surface area contributed by atoms with Crippen molar-refractivity contribution in [2.45, 2.75) is 20.3 Å². The summed E-state index contributed by atoms with van der Waals surface area (Å²) in [5, 5.41) is 0.322. The monoisotopic (exact) mass is 316 g/mol. The third kappa shape index (κ3) is 3.25. The molecule has 2 amide bonds. The average Bonchev–Trinajstić information content (AvgIpc) is 2.52. The molecule has 0 aliphatic carbocycles. The van der Waals surface area contributed by atoms with Crippen molar-refractivity contribution in [3.8, 4) is 0 Å². The Morgan fingerprint density at radius 3 is 2.09 bits per heavy atom. The van der Waals surface area contributed by atoms with Gasteiger partial charge < -0.3 is 0 Å². The van der Waals surface area contributed by atoms with Crippen LogP contribution in [-0.4, -0.2) is 39.8 Å². The predicted octanol–water partition coefficient (Wildman–Crippen LogP) is 2.70. The summed E-state index contributed by atoms with van der Waals surface area (Å²) in [4.78, 5) is 27.9. The van der Waals surface area contributed by atoms with Gasteiger partial charge in [0, 0.05) is 13.1 Å². The zero-order valence-corrected chi connectivity index (χ0v) is 13.7. The molecule has 22 heavy (non-hydrogen) atoms. The first kappa shape index (κ1) is 16.4. The largest absolute Gasteiger partial charge is 0.288 e. The van der Waals surface area contributed by atoms with Gasteiger partial charge in [-0.25, -0.2) is 0 Å². The first-order chi connectivity index (χ1) is 10.6. The Morgan fingerprint density at radius 2 is 1.59 bits per heavy atom. The fourth-order valence-corrected chi connectivity index (χ4v) is 2.94. The van der Waals surface area contributed by atoms with Crippen LogP contribution in [-0.2, 0) is 9.59 Å². The van der Waals surface area contributed by atoms with Crippen molar-refractivity contribution in [2.24, 2.45) is 5.92 Å². The van der Waals surface area contributed by atoms with E-state index in [2.05, 4.69) is 0 Å². The van der Waals surface area contributed by atoms with E-state index in [1.165, 1.54) is 9.80 Å². The lowest BCUT2D eigenvalue weighted by Gasteiger charge is -2.38. The molecule has 0 radical (unpaired) electrons. The van der Waals surface area contributed by atoms with E-state index in [1.54, 1.807) is 0 Å². The van der Waals surface area contributed by atoms with Crippen LogP contribution in [0.2, 0.25) is 0 Å². The lowest BCUT2D eigenvalue weighted by molar-refractivity contribution is -0.146. The smallest absolute Gasteiger partial charge is 0.241 e. The summed E-state index contributed by atoms with van der Waals surface area (Å²) in [7, 11) is 0. The van der Waals surface area contributed by atoms with Gasteiger partial charge >= 0.3 is 0 Å². The number of thiocarbonyl (C=S) groups is 1. The second-order valence-corrected chi connectivity index (χ2v) is 5.41. The minimum absolute atomic E-state index is 0.195. The van der Waals surface area contributed by atoms with Gasteiger partial charge in [-0.3, -0.25) is 19.4 Å². The number of hydrogen-bond donors (Lipinski definition) is 0. The summed E-state index contributed by atoms with van der Waals surface area (Å²) in [6.45, 7) is 4.70. The third-order valence-electron chi connectivity index (χ3n) is 3.70. The van der Waals surface area contributed by atoms with Gasteiger partial charge in [0.1, 0.15) is 5.92 Å². The minimum Gasteiger partial charge on any atom is -0.288 e. The highest BCUT2D eigenvalue weighted by molar-refractivity contribution is 7.80. The molecular formula is C17H20N2O2S. The molecule has 4 nitrogen and oxygen atoms in total.